The molecule has 5 heteroatoms. The molecule has 0 bridgehead atoms. The van der Waals surface area contributed by atoms with E-state index in [2.05, 4.69) is 10.1 Å². The van der Waals surface area contributed by atoms with E-state index in [1.165, 1.54) is 26.2 Å². The molecule has 0 aromatic heterocycles. The zero-order valence-electron chi connectivity index (χ0n) is 9.10. The van der Waals surface area contributed by atoms with Gasteiger partial charge in [-0.25, -0.2) is 0 Å². The molecule has 0 fully saturated rings. The zero-order valence-corrected chi connectivity index (χ0v) is 9.10. The molecule has 0 aromatic carbocycles. The van der Waals surface area contributed by atoms with Crippen molar-refractivity contribution in [3.8, 4) is 0 Å². The predicted octanol–water partition coefficient (Wildman–Crippen LogP) is -0.0246. The van der Waals surface area contributed by atoms with Gasteiger partial charge in [0.05, 0.1) is 7.11 Å². The summed E-state index contributed by atoms with van der Waals surface area (Å²) in [5.74, 6) is -1.79. The summed E-state index contributed by atoms with van der Waals surface area (Å²) in [7, 11) is 1.23. The Bertz CT molecular complexity index is 372. The van der Waals surface area contributed by atoms with Gasteiger partial charge in [0.1, 0.15) is 11.5 Å². The van der Waals surface area contributed by atoms with Gasteiger partial charge in [-0.15, -0.1) is 0 Å². The number of methoxy groups -OCH3 is 1. The number of carbonyl (C=O) groups is 3. The van der Waals surface area contributed by atoms with Crippen LogP contribution < -0.4 is 5.32 Å². The molecule has 0 saturated heterocycles. The summed E-state index contributed by atoms with van der Waals surface area (Å²) in [5, 5.41) is 2.46. The van der Waals surface area contributed by atoms with Crippen LogP contribution in [-0.2, 0) is 19.1 Å². The smallest absolute Gasteiger partial charge is 0.315 e. The van der Waals surface area contributed by atoms with Crippen molar-refractivity contribution in [2.45, 2.75) is 12.5 Å². The quantitative estimate of drug-likeness (QED) is 0.539. The summed E-state index contributed by atoms with van der Waals surface area (Å²) >= 11 is 0. The standard InChI is InChI=1S/C11H13NO4/c1-8(14)12-11(7-13)6-4-3-5-9(11)10(15)16-2/h3-7,9H,1-2H3,(H,12,14). The number of nitrogens with one attached hydrogen (secondary N) is 1. The summed E-state index contributed by atoms with van der Waals surface area (Å²) in [6, 6.07) is 0. The van der Waals surface area contributed by atoms with Gasteiger partial charge in [-0.2, -0.15) is 0 Å². The van der Waals surface area contributed by atoms with Crippen molar-refractivity contribution in [2.24, 2.45) is 5.92 Å². The Morgan fingerprint density at radius 3 is 2.62 bits per heavy atom. The van der Waals surface area contributed by atoms with Crippen molar-refractivity contribution in [1.29, 1.82) is 0 Å². The fourth-order valence-corrected chi connectivity index (χ4v) is 1.62. The second kappa shape index (κ2) is 4.74. The molecule has 16 heavy (non-hydrogen) atoms. The molecule has 0 heterocycles. The molecular weight excluding hydrogens is 210 g/mol. The maximum absolute atomic E-state index is 11.5. The maximum Gasteiger partial charge on any atom is 0.315 e. The number of rotatable bonds is 3. The predicted molar refractivity (Wildman–Crippen MR) is 56.4 cm³/mol. The molecule has 2 atom stereocenters. The number of ether oxygens (including phenoxy) is 1. The van der Waals surface area contributed by atoms with Gasteiger partial charge in [0, 0.05) is 6.92 Å². The molecule has 0 spiro atoms. The van der Waals surface area contributed by atoms with Crippen molar-refractivity contribution in [1.82, 2.24) is 5.32 Å². The van der Waals surface area contributed by atoms with Crippen LogP contribution in [0.15, 0.2) is 24.3 Å². The topological polar surface area (TPSA) is 72.5 Å². The van der Waals surface area contributed by atoms with E-state index in [0.29, 0.717) is 6.29 Å². The molecule has 1 aliphatic rings. The molecule has 5 nitrogen and oxygen atoms in total. The molecule has 2 unspecified atom stereocenters. The van der Waals surface area contributed by atoms with Gasteiger partial charge in [-0.05, 0) is 0 Å². The second-order valence-electron chi connectivity index (χ2n) is 3.48. The van der Waals surface area contributed by atoms with E-state index in [-0.39, 0.29) is 5.91 Å². The van der Waals surface area contributed by atoms with Crippen LogP contribution in [0.4, 0.5) is 0 Å². The number of esters is 1. The molecule has 0 aliphatic heterocycles. The lowest BCUT2D eigenvalue weighted by molar-refractivity contribution is -0.147. The normalized spacial score (nSPS) is 27.2. The van der Waals surface area contributed by atoms with Crippen LogP contribution in [0.5, 0.6) is 0 Å². The third-order valence-electron chi connectivity index (χ3n) is 2.34. The molecule has 1 N–H and O–H groups in total. The van der Waals surface area contributed by atoms with E-state index in [1.54, 1.807) is 12.2 Å². The van der Waals surface area contributed by atoms with Gasteiger partial charge >= 0.3 is 5.97 Å². The Labute approximate surface area is 93.2 Å². The minimum Gasteiger partial charge on any atom is -0.468 e. The Balaban J connectivity index is 3.08. The highest BCUT2D eigenvalue weighted by Crippen LogP contribution is 2.24. The van der Waals surface area contributed by atoms with Crippen LogP contribution >= 0.6 is 0 Å². The number of carbonyl (C=O) groups excluding carboxylic acids is 3. The van der Waals surface area contributed by atoms with E-state index < -0.39 is 17.4 Å². The number of hydrogen-bond acceptors (Lipinski definition) is 4. The molecular formula is C11H13NO4. The Hall–Kier alpha value is -1.91. The van der Waals surface area contributed by atoms with Gasteiger partial charge < -0.3 is 14.8 Å². The Morgan fingerprint density at radius 1 is 1.44 bits per heavy atom. The first kappa shape index (κ1) is 12.2. The summed E-state index contributed by atoms with van der Waals surface area (Å²) in [6.07, 6.45) is 6.77. The monoisotopic (exact) mass is 223 g/mol. The van der Waals surface area contributed by atoms with Crippen LogP contribution in [0, 0.1) is 5.92 Å². The van der Waals surface area contributed by atoms with Crippen molar-refractivity contribution in [2.75, 3.05) is 7.11 Å². The lowest BCUT2D eigenvalue weighted by Crippen LogP contribution is -2.55. The highest BCUT2D eigenvalue weighted by molar-refractivity contribution is 5.90. The SMILES string of the molecule is COC(=O)C1C=CC=CC1(C=O)NC(C)=O. The first-order valence-electron chi connectivity index (χ1n) is 4.74. The minimum atomic E-state index is -1.34. The highest BCUT2D eigenvalue weighted by atomic mass is 16.5. The number of aldehydes is 1. The molecule has 86 valence electrons. The van der Waals surface area contributed by atoms with Gasteiger partial charge in [0.2, 0.25) is 5.91 Å². The van der Waals surface area contributed by atoms with Gasteiger partial charge in [-0.3, -0.25) is 9.59 Å². The minimum absolute atomic E-state index is 0.388. The molecule has 1 rings (SSSR count). The van der Waals surface area contributed by atoms with E-state index in [9.17, 15) is 14.4 Å². The maximum atomic E-state index is 11.5. The van der Waals surface area contributed by atoms with Crippen LogP contribution in [0.3, 0.4) is 0 Å². The molecule has 1 amide bonds. The number of amides is 1. The second-order valence-corrected chi connectivity index (χ2v) is 3.48. The van der Waals surface area contributed by atoms with Gasteiger partial charge in [0.15, 0.2) is 6.29 Å². The Kier molecular flexibility index (Phi) is 3.60. The summed E-state index contributed by atoms with van der Waals surface area (Å²) < 4.78 is 4.59. The third-order valence-corrected chi connectivity index (χ3v) is 2.34. The van der Waals surface area contributed by atoms with E-state index in [4.69, 9.17) is 0 Å². The number of allylic oxidation sites excluding steroid dienone is 2. The zero-order chi connectivity index (χ0) is 12.2. The number of hydrogen-bond donors (Lipinski definition) is 1. The van der Waals surface area contributed by atoms with Gasteiger partial charge in [0.25, 0.3) is 0 Å². The van der Waals surface area contributed by atoms with E-state index >= 15 is 0 Å². The van der Waals surface area contributed by atoms with Crippen LogP contribution in [0.2, 0.25) is 0 Å². The van der Waals surface area contributed by atoms with E-state index in [0.717, 1.165) is 0 Å². The van der Waals surface area contributed by atoms with Crippen molar-refractivity contribution in [3.63, 3.8) is 0 Å². The lowest BCUT2D eigenvalue weighted by Gasteiger charge is -2.32. The van der Waals surface area contributed by atoms with Crippen LogP contribution in [-0.4, -0.2) is 30.8 Å². The van der Waals surface area contributed by atoms with Crippen molar-refractivity contribution in [3.05, 3.63) is 24.3 Å². The first-order chi connectivity index (χ1) is 7.55. The fraction of sp³-hybridized carbons (Fsp3) is 0.364. The first-order valence-corrected chi connectivity index (χ1v) is 4.74. The summed E-state index contributed by atoms with van der Waals surface area (Å²) in [5.41, 5.74) is -1.34. The largest absolute Gasteiger partial charge is 0.468 e. The average Bonchev–Trinajstić information content (AvgIpc) is 2.27. The Morgan fingerprint density at radius 2 is 2.12 bits per heavy atom. The van der Waals surface area contributed by atoms with Crippen molar-refractivity contribution >= 4 is 18.2 Å². The fourth-order valence-electron chi connectivity index (χ4n) is 1.62. The average molecular weight is 223 g/mol. The van der Waals surface area contributed by atoms with Crippen LogP contribution in [0.1, 0.15) is 6.92 Å². The van der Waals surface area contributed by atoms with E-state index in [1.807, 2.05) is 0 Å². The summed E-state index contributed by atoms with van der Waals surface area (Å²) in [6.45, 7) is 1.28. The summed E-state index contributed by atoms with van der Waals surface area (Å²) in [4.78, 5) is 33.7. The van der Waals surface area contributed by atoms with Crippen molar-refractivity contribution < 1.29 is 19.1 Å². The molecule has 0 saturated carbocycles. The van der Waals surface area contributed by atoms with Gasteiger partial charge in [-0.1, -0.05) is 24.3 Å². The van der Waals surface area contributed by atoms with Crippen LogP contribution in [0.25, 0.3) is 0 Å². The third kappa shape index (κ3) is 2.18. The lowest BCUT2D eigenvalue weighted by atomic mass is 9.81. The molecule has 0 radical (unpaired) electrons. The highest BCUT2D eigenvalue weighted by Gasteiger charge is 2.42. The molecule has 0 aromatic rings. The molecule has 1 aliphatic carbocycles.